The van der Waals surface area contributed by atoms with E-state index in [2.05, 4.69) is 22.2 Å². The Morgan fingerprint density at radius 1 is 1.70 bits per heavy atom. The Hall–Kier alpha value is -1.09. The highest BCUT2D eigenvalue weighted by atomic mass is 35.5. The molecule has 0 spiro atoms. The topological polar surface area (TPSA) is 37.3 Å². The van der Waals surface area contributed by atoms with E-state index in [0.717, 1.165) is 5.69 Å². The maximum Gasteiger partial charge on any atom is 0.131 e. The van der Waals surface area contributed by atoms with E-state index < -0.39 is 0 Å². The number of nitrogens with zero attached hydrogens (tertiary/aromatic N) is 2. The largest absolute Gasteiger partial charge is 0.279 e. The quantitative estimate of drug-likeness (QED) is 0.402. The molecule has 52 valence electrons. The van der Waals surface area contributed by atoms with E-state index in [1.54, 1.807) is 18.3 Å². The third kappa shape index (κ3) is 1.70. The molecule has 0 saturated heterocycles. The minimum Gasteiger partial charge on any atom is -0.279 e. The van der Waals surface area contributed by atoms with Gasteiger partial charge in [0.1, 0.15) is 5.15 Å². The molecule has 3 nitrogen and oxygen atoms in total. The van der Waals surface area contributed by atoms with Crippen molar-refractivity contribution in [3.63, 3.8) is 0 Å². The molecular formula is C6H6ClN3. The van der Waals surface area contributed by atoms with Gasteiger partial charge < -0.3 is 0 Å². The van der Waals surface area contributed by atoms with E-state index in [9.17, 15) is 0 Å². The molecule has 1 heterocycles. The van der Waals surface area contributed by atoms with Crippen LogP contribution < -0.4 is 5.43 Å². The van der Waals surface area contributed by atoms with Gasteiger partial charge in [0.05, 0.1) is 5.69 Å². The number of pyridine rings is 1. The zero-order chi connectivity index (χ0) is 7.40. The van der Waals surface area contributed by atoms with Crippen LogP contribution in [0.25, 0.3) is 0 Å². The molecule has 4 heteroatoms. The molecular weight excluding hydrogens is 150 g/mol. The van der Waals surface area contributed by atoms with Gasteiger partial charge in [-0.05, 0) is 6.07 Å². The summed E-state index contributed by atoms with van der Waals surface area (Å²) in [4.78, 5) is 3.79. The molecule has 0 unspecified atom stereocenters. The third-order valence-corrected chi connectivity index (χ3v) is 1.14. The van der Waals surface area contributed by atoms with Crippen LogP contribution in [0, 0.1) is 0 Å². The Kier molecular flexibility index (Phi) is 2.23. The van der Waals surface area contributed by atoms with E-state index >= 15 is 0 Å². The lowest BCUT2D eigenvalue weighted by molar-refractivity contribution is 1.29. The molecule has 0 amide bonds. The summed E-state index contributed by atoms with van der Waals surface area (Å²) >= 11 is 5.57. The van der Waals surface area contributed by atoms with Crippen LogP contribution in [-0.4, -0.2) is 11.7 Å². The Bertz CT molecular complexity index is 236. The predicted octanol–water partition coefficient (Wildman–Crippen LogP) is 1.76. The average Bonchev–Trinajstić information content (AvgIpc) is 1.88. The molecule has 0 aliphatic rings. The number of hydrazone groups is 1. The summed E-state index contributed by atoms with van der Waals surface area (Å²) < 4.78 is 0. The standard InChI is InChI=1S/C6H6ClN3/c1-8-10-5-2-3-9-6(7)4-5/h2-4H,1H2,(H,9,10). The first-order valence-electron chi connectivity index (χ1n) is 2.66. The van der Waals surface area contributed by atoms with Crippen molar-refractivity contribution in [2.75, 3.05) is 5.43 Å². The van der Waals surface area contributed by atoms with Crippen molar-refractivity contribution >= 4 is 24.0 Å². The fraction of sp³-hybridized carbons (Fsp3) is 0. The smallest absolute Gasteiger partial charge is 0.131 e. The van der Waals surface area contributed by atoms with Gasteiger partial charge in [-0.2, -0.15) is 5.10 Å². The maximum absolute atomic E-state index is 5.57. The molecule has 0 radical (unpaired) electrons. The van der Waals surface area contributed by atoms with E-state index in [4.69, 9.17) is 11.6 Å². The molecule has 0 fully saturated rings. The van der Waals surface area contributed by atoms with E-state index in [0.29, 0.717) is 5.15 Å². The second-order valence-electron chi connectivity index (χ2n) is 1.64. The molecule has 1 rings (SSSR count). The Morgan fingerprint density at radius 2 is 2.50 bits per heavy atom. The Labute approximate surface area is 63.7 Å². The lowest BCUT2D eigenvalue weighted by Crippen LogP contribution is -1.86. The summed E-state index contributed by atoms with van der Waals surface area (Å²) in [5.74, 6) is 0. The van der Waals surface area contributed by atoms with Crippen molar-refractivity contribution in [3.05, 3.63) is 23.5 Å². The van der Waals surface area contributed by atoms with Crippen molar-refractivity contribution in [1.82, 2.24) is 4.98 Å². The zero-order valence-corrected chi connectivity index (χ0v) is 5.97. The second-order valence-corrected chi connectivity index (χ2v) is 2.02. The summed E-state index contributed by atoms with van der Waals surface area (Å²) in [6.45, 7) is 3.26. The summed E-state index contributed by atoms with van der Waals surface area (Å²) in [5.41, 5.74) is 3.42. The minimum absolute atomic E-state index is 0.439. The number of rotatable bonds is 2. The summed E-state index contributed by atoms with van der Waals surface area (Å²) in [5, 5.41) is 3.90. The molecule has 10 heavy (non-hydrogen) atoms. The molecule has 0 atom stereocenters. The number of nitrogens with one attached hydrogen (secondary N) is 1. The summed E-state index contributed by atoms with van der Waals surface area (Å²) in [7, 11) is 0. The number of aromatic nitrogens is 1. The average molecular weight is 156 g/mol. The first kappa shape index (κ1) is 7.02. The van der Waals surface area contributed by atoms with Gasteiger partial charge in [-0.3, -0.25) is 5.43 Å². The summed E-state index contributed by atoms with van der Waals surface area (Å²) in [6, 6.07) is 3.41. The van der Waals surface area contributed by atoms with Gasteiger partial charge in [-0.25, -0.2) is 4.98 Å². The Morgan fingerprint density at radius 3 is 3.10 bits per heavy atom. The fourth-order valence-electron chi connectivity index (χ4n) is 0.563. The lowest BCUT2D eigenvalue weighted by Gasteiger charge is -1.96. The zero-order valence-electron chi connectivity index (χ0n) is 5.21. The number of halogens is 1. The fourth-order valence-corrected chi connectivity index (χ4v) is 0.737. The van der Waals surface area contributed by atoms with Crippen molar-refractivity contribution in [2.45, 2.75) is 0 Å². The van der Waals surface area contributed by atoms with Crippen LogP contribution in [0.3, 0.4) is 0 Å². The van der Waals surface area contributed by atoms with Crippen molar-refractivity contribution in [3.8, 4) is 0 Å². The first-order chi connectivity index (χ1) is 4.83. The number of hydrogen-bond donors (Lipinski definition) is 1. The van der Waals surface area contributed by atoms with Crippen LogP contribution in [0.2, 0.25) is 5.15 Å². The van der Waals surface area contributed by atoms with Gasteiger partial charge >= 0.3 is 0 Å². The highest BCUT2D eigenvalue weighted by Crippen LogP contribution is 2.10. The monoisotopic (exact) mass is 155 g/mol. The van der Waals surface area contributed by atoms with Crippen molar-refractivity contribution in [2.24, 2.45) is 5.10 Å². The van der Waals surface area contributed by atoms with Crippen LogP contribution in [0.4, 0.5) is 5.69 Å². The first-order valence-corrected chi connectivity index (χ1v) is 3.04. The lowest BCUT2D eigenvalue weighted by atomic mass is 10.4. The third-order valence-electron chi connectivity index (χ3n) is 0.935. The predicted molar refractivity (Wildman–Crippen MR) is 42.4 cm³/mol. The van der Waals surface area contributed by atoms with Crippen LogP contribution >= 0.6 is 11.6 Å². The molecule has 1 aromatic heterocycles. The Balaban J connectivity index is 2.84. The van der Waals surface area contributed by atoms with Crippen LogP contribution in [0.15, 0.2) is 23.4 Å². The second kappa shape index (κ2) is 3.17. The molecule has 1 aromatic rings. The van der Waals surface area contributed by atoms with E-state index in [1.807, 2.05) is 0 Å². The number of anilines is 1. The van der Waals surface area contributed by atoms with E-state index in [1.165, 1.54) is 0 Å². The van der Waals surface area contributed by atoms with E-state index in [-0.39, 0.29) is 0 Å². The SMILES string of the molecule is C=NNc1ccnc(Cl)c1. The highest BCUT2D eigenvalue weighted by molar-refractivity contribution is 6.29. The van der Waals surface area contributed by atoms with Gasteiger partial charge in [-0.15, -0.1) is 0 Å². The molecule has 1 N–H and O–H groups in total. The number of hydrogen-bond acceptors (Lipinski definition) is 3. The normalized spacial score (nSPS) is 8.90. The van der Waals surface area contributed by atoms with Crippen molar-refractivity contribution < 1.29 is 0 Å². The van der Waals surface area contributed by atoms with Crippen LogP contribution in [-0.2, 0) is 0 Å². The molecule has 0 aromatic carbocycles. The van der Waals surface area contributed by atoms with Crippen molar-refractivity contribution in [1.29, 1.82) is 0 Å². The maximum atomic E-state index is 5.57. The minimum atomic E-state index is 0.439. The van der Waals surface area contributed by atoms with Gasteiger partial charge in [0.15, 0.2) is 0 Å². The van der Waals surface area contributed by atoms with Gasteiger partial charge in [-0.1, -0.05) is 11.6 Å². The molecule has 0 bridgehead atoms. The van der Waals surface area contributed by atoms with Gasteiger partial charge in [0, 0.05) is 19.0 Å². The highest BCUT2D eigenvalue weighted by Gasteiger charge is 1.89. The van der Waals surface area contributed by atoms with Gasteiger partial charge in [0.2, 0.25) is 0 Å². The van der Waals surface area contributed by atoms with Gasteiger partial charge in [0.25, 0.3) is 0 Å². The summed E-state index contributed by atoms with van der Waals surface area (Å²) in [6.07, 6.45) is 1.59. The molecule has 0 aliphatic heterocycles. The molecule has 0 saturated carbocycles. The van der Waals surface area contributed by atoms with Crippen LogP contribution in [0.1, 0.15) is 0 Å². The molecule has 0 aliphatic carbocycles. The van der Waals surface area contributed by atoms with Crippen LogP contribution in [0.5, 0.6) is 0 Å².